The maximum absolute atomic E-state index is 14.0. The van der Waals surface area contributed by atoms with Crippen molar-refractivity contribution in [1.29, 1.82) is 0 Å². The lowest BCUT2D eigenvalue weighted by molar-refractivity contribution is -0.143. The predicted molar refractivity (Wildman–Crippen MR) is 178 cm³/mol. The second kappa shape index (κ2) is 13.3. The van der Waals surface area contributed by atoms with Crippen molar-refractivity contribution in [3.63, 3.8) is 0 Å². The summed E-state index contributed by atoms with van der Waals surface area (Å²) in [6.45, 7) is 2.11. The Morgan fingerprint density at radius 3 is 2.68 bits per heavy atom. The normalized spacial score (nSPS) is 26.2. The number of likely N-dealkylation sites (tertiary alicyclic amines) is 1. The van der Waals surface area contributed by atoms with Crippen LogP contribution in [-0.2, 0) is 14.2 Å². The number of phenols is 1. The minimum atomic E-state index is -0.998. The summed E-state index contributed by atoms with van der Waals surface area (Å²) in [4.78, 5) is 34.0. The molecule has 0 radical (unpaired) electrons. The van der Waals surface area contributed by atoms with Crippen molar-refractivity contribution in [3.8, 4) is 11.5 Å². The summed E-state index contributed by atoms with van der Waals surface area (Å²) >= 11 is 2.09. The average Bonchev–Trinajstić information content (AvgIpc) is 3.29. The molecule has 2 aliphatic heterocycles. The van der Waals surface area contributed by atoms with Crippen LogP contribution in [-0.4, -0.2) is 58.2 Å². The third-order valence-corrected chi connectivity index (χ3v) is 10.8. The second-order valence-electron chi connectivity index (χ2n) is 12.5. The zero-order chi connectivity index (χ0) is 31.0. The third kappa shape index (κ3) is 5.97. The van der Waals surface area contributed by atoms with E-state index in [9.17, 15) is 19.7 Å². The Labute approximate surface area is 273 Å². The molecule has 4 atom stereocenters. The number of allylic oxidation sites excluding steroid dienone is 2. The summed E-state index contributed by atoms with van der Waals surface area (Å²) in [6.07, 6.45) is 11.4. The fraction of sp³-hybridized carbons (Fsp3) is 0.500. The minimum Gasteiger partial charge on any atom is -0.504 e. The van der Waals surface area contributed by atoms with Crippen LogP contribution in [0.2, 0.25) is 6.32 Å². The lowest BCUT2D eigenvalue weighted by Crippen LogP contribution is -2.46. The van der Waals surface area contributed by atoms with Crippen LogP contribution in [0, 0.1) is 21.3 Å². The maximum Gasteiger partial charge on any atom is 0.455 e. The van der Waals surface area contributed by atoms with Crippen LogP contribution >= 0.6 is 22.6 Å². The van der Waals surface area contributed by atoms with Crippen LogP contribution < -0.4 is 4.74 Å². The largest absolute Gasteiger partial charge is 0.504 e. The molecule has 44 heavy (non-hydrogen) atoms. The first-order chi connectivity index (χ1) is 21.3. The number of phenolic OH excluding ortho intramolecular Hbond substituents is 1. The first kappa shape index (κ1) is 31.3. The van der Waals surface area contributed by atoms with Crippen LogP contribution in [0.15, 0.2) is 47.7 Å². The second-order valence-corrected chi connectivity index (χ2v) is 13.6. The van der Waals surface area contributed by atoms with Crippen molar-refractivity contribution in [2.75, 3.05) is 7.11 Å². The first-order valence-corrected chi connectivity index (χ1v) is 17.0. The molecule has 0 bridgehead atoms. The van der Waals surface area contributed by atoms with E-state index >= 15 is 0 Å². The van der Waals surface area contributed by atoms with Gasteiger partial charge in [-0.1, -0.05) is 37.8 Å². The molecule has 232 valence electrons. The monoisotopic (exact) mass is 710 g/mol. The van der Waals surface area contributed by atoms with Crippen LogP contribution in [0.1, 0.15) is 76.0 Å². The van der Waals surface area contributed by atoms with Gasteiger partial charge in [0.15, 0.2) is 11.5 Å². The molecular weight excluding hydrogens is 670 g/mol. The van der Waals surface area contributed by atoms with Gasteiger partial charge in [0.1, 0.15) is 0 Å². The fourth-order valence-corrected chi connectivity index (χ4v) is 8.60. The van der Waals surface area contributed by atoms with Gasteiger partial charge in [0, 0.05) is 12.2 Å². The molecule has 4 aliphatic rings. The molecule has 6 rings (SSSR count). The number of benzene rings is 1. The van der Waals surface area contributed by atoms with E-state index in [-0.39, 0.29) is 41.5 Å². The number of methoxy groups -OCH3 is 1. The highest BCUT2D eigenvalue weighted by Gasteiger charge is 2.58. The summed E-state index contributed by atoms with van der Waals surface area (Å²) in [7, 11) is 0.535. The molecule has 3 fully saturated rings. The van der Waals surface area contributed by atoms with Crippen molar-refractivity contribution >= 4 is 53.2 Å². The number of aromatic nitrogens is 1. The number of carbonyl (C=O) groups excluding carboxylic acids is 2. The van der Waals surface area contributed by atoms with Crippen LogP contribution in [0.3, 0.4) is 0 Å². The Hall–Kier alpha value is -2.70. The highest BCUT2D eigenvalue weighted by atomic mass is 127. The standard InChI is InChI=1S/C34H40BIN2O6/c1-3-21-18-24-31(34(41)38(33(24)40)23-9-5-4-6-10-23)25-19-35(42)44-28(30(21)25)13-12-22(27-11-7-8-14-37-27)15-20-16-26(36)32(39)29(17-20)43-2/h7-8,11,14-17,23-25,28,31,39,42H,3-6,9-10,12-13,18-19H2,1-2H3/b22-15-/t24-,25+,28-,31-/m1/s1. The van der Waals surface area contributed by atoms with Crippen molar-refractivity contribution in [2.24, 2.45) is 17.8 Å². The van der Waals surface area contributed by atoms with Gasteiger partial charge in [-0.05, 0) is 120 Å². The molecule has 1 aromatic heterocycles. The third-order valence-electron chi connectivity index (χ3n) is 9.99. The molecule has 1 aromatic carbocycles. The van der Waals surface area contributed by atoms with E-state index in [1.165, 1.54) is 12.7 Å². The van der Waals surface area contributed by atoms with Gasteiger partial charge < -0.3 is 19.5 Å². The Morgan fingerprint density at radius 1 is 1.18 bits per heavy atom. The number of hydrogen-bond acceptors (Lipinski definition) is 7. The van der Waals surface area contributed by atoms with Crippen LogP contribution in [0.5, 0.6) is 11.5 Å². The van der Waals surface area contributed by atoms with E-state index < -0.39 is 13.0 Å². The highest BCUT2D eigenvalue weighted by Crippen LogP contribution is 2.52. The van der Waals surface area contributed by atoms with Crippen molar-refractivity contribution in [1.82, 2.24) is 9.88 Å². The first-order valence-electron chi connectivity index (χ1n) is 15.9. The summed E-state index contributed by atoms with van der Waals surface area (Å²) in [5.41, 5.74) is 5.00. The number of pyridine rings is 1. The highest BCUT2D eigenvalue weighted by molar-refractivity contribution is 14.1. The smallest absolute Gasteiger partial charge is 0.455 e. The molecule has 0 spiro atoms. The van der Waals surface area contributed by atoms with Gasteiger partial charge in [0.2, 0.25) is 11.8 Å². The molecule has 0 unspecified atom stereocenters. The van der Waals surface area contributed by atoms with Crippen molar-refractivity contribution in [2.45, 2.75) is 83.2 Å². The van der Waals surface area contributed by atoms with Gasteiger partial charge in [0.25, 0.3) is 0 Å². The van der Waals surface area contributed by atoms with Gasteiger partial charge in [-0.15, -0.1) is 0 Å². The minimum absolute atomic E-state index is 0.00578. The molecule has 8 nitrogen and oxygen atoms in total. The zero-order valence-corrected chi connectivity index (χ0v) is 27.5. The molecule has 3 heterocycles. The van der Waals surface area contributed by atoms with Gasteiger partial charge in [-0.3, -0.25) is 19.5 Å². The summed E-state index contributed by atoms with van der Waals surface area (Å²) in [5.74, 6) is -0.499. The molecule has 2 N–H and O–H groups in total. The van der Waals surface area contributed by atoms with Crippen molar-refractivity contribution < 1.29 is 29.1 Å². The number of amides is 2. The van der Waals surface area contributed by atoms with Crippen LogP contribution in [0.25, 0.3) is 11.6 Å². The van der Waals surface area contributed by atoms with E-state index in [0.717, 1.165) is 60.9 Å². The van der Waals surface area contributed by atoms with E-state index in [1.807, 2.05) is 24.3 Å². The Balaban J connectivity index is 1.30. The van der Waals surface area contributed by atoms with Gasteiger partial charge in [-0.25, -0.2) is 0 Å². The van der Waals surface area contributed by atoms with E-state index in [2.05, 4.69) is 40.6 Å². The summed E-state index contributed by atoms with van der Waals surface area (Å²) in [5, 5.41) is 21.3. The van der Waals surface area contributed by atoms with Gasteiger partial charge in [0.05, 0.1) is 34.3 Å². The zero-order valence-electron chi connectivity index (χ0n) is 25.4. The summed E-state index contributed by atoms with van der Waals surface area (Å²) < 4.78 is 12.3. The number of carbonyl (C=O) groups is 2. The number of halogens is 1. The average molecular weight is 710 g/mol. The molecule has 2 saturated heterocycles. The molecule has 1 saturated carbocycles. The predicted octanol–water partition coefficient (Wildman–Crippen LogP) is 6.26. The lowest BCUT2D eigenvalue weighted by Gasteiger charge is -2.43. The number of ether oxygens (including phenoxy) is 1. The molecule has 10 heteroatoms. The Morgan fingerprint density at radius 2 is 1.98 bits per heavy atom. The molecular formula is C34H40BIN2O6. The molecule has 2 aliphatic carbocycles. The lowest BCUT2D eigenvalue weighted by atomic mass is 9.58. The molecule has 2 aromatic rings. The topological polar surface area (TPSA) is 109 Å². The number of hydrogen-bond donors (Lipinski definition) is 2. The van der Waals surface area contributed by atoms with Crippen LogP contribution in [0.4, 0.5) is 0 Å². The summed E-state index contributed by atoms with van der Waals surface area (Å²) in [6, 6.07) is 9.52. The maximum atomic E-state index is 14.0. The molecule has 2 amide bonds. The number of nitrogens with zero attached hydrogens (tertiary/aromatic N) is 2. The number of rotatable bonds is 8. The van der Waals surface area contributed by atoms with Gasteiger partial charge in [-0.2, -0.15) is 0 Å². The number of imide groups is 1. The van der Waals surface area contributed by atoms with Gasteiger partial charge >= 0.3 is 7.12 Å². The van der Waals surface area contributed by atoms with E-state index in [4.69, 9.17) is 9.39 Å². The quantitative estimate of drug-likeness (QED) is 0.144. The van der Waals surface area contributed by atoms with E-state index in [0.29, 0.717) is 34.9 Å². The number of fused-ring (bicyclic) bond motifs is 3. The SMILES string of the molecule is CCC1=C2[C@@H](CC/C(=C/c3cc(I)c(O)c(OC)c3)c3ccccn3)OB(O)C[C@@H]2[C@@H]2C(=O)N(C3CCCCC3)C(=O)[C@@H]2C1. The fourth-order valence-electron chi connectivity index (χ4n) is 7.97. The van der Waals surface area contributed by atoms with E-state index in [1.54, 1.807) is 17.2 Å². The van der Waals surface area contributed by atoms with Crippen molar-refractivity contribution in [3.05, 3.63) is 62.5 Å². The number of aromatic hydroxyl groups is 1. The Kier molecular flexibility index (Phi) is 9.49. The Bertz CT molecular complexity index is 1470.